The summed E-state index contributed by atoms with van der Waals surface area (Å²) < 4.78 is 24.2. The maximum Gasteiger partial charge on any atom is 0.256 e. The number of nitrogens with zero attached hydrogens (tertiary/aromatic N) is 1. The second kappa shape index (κ2) is 7.98. The van der Waals surface area contributed by atoms with Crippen molar-refractivity contribution in [2.75, 3.05) is 27.8 Å². The Hall–Kier alpha value is -1.82. The molecule has 0 aliphatic rings. The first-order chi connectivity index (χ1) is 10.3. The summed E-state index contributed by atoms with van der Waals surface area (Å²) in [5, 5.41) is 0. The highest BCUT2D eigenvalue weighted by molar-refractivity contribution is 5.95. The van der Waals surface area contributed by atoms with Crippen molar-refractivity contribution in [3.05, 3.63) is 23.5 Å². The van der Waals surface area contributed by atoms with Crippen LogP contribution in [-0.2, 0) is 0 Å². The van der Waals surface area contributed by atoms with Gasteiger partial charge in [0.25, 0.3) is 5.91 Å². The molecule has 22 heavy (non-hydrogen) atoms. The Morgan fingerprint density at radius 2 is 1.82 bits per heavy atom. The quantitative estimate of drug-likeness (QED) is 0.839. The minimum absolute atomic E-state index is 0.00509. The number of amides is 1. The number of benzene rings is 1. The average molecular weight is 312 g/mol. The van der Waals surface area contributed by atoms with Gasteiger partial charge in [0.2, 0.25) is 0 Å². The fourth-order valence-corrected chi connectivity index (χ4v) is 2.00. The molecule has 2 N–H and O–H groups in total. The molecule has 0 bridgehead atoms. The van der Waals surface area contributed by atoms with E-state index in [0.717, 1.165) is 6.07 Å². The Balaban J connectivity index is 2.88. The predicted molar refractivity (Wildman–Crippen MR) is 83.9 cm³/mol. The van der Waals surface area contributed by atoms with Crippen LogP contribution in [-0.4, -0.2) is 44.7 Å². The molecule has 1 atom stereocenters. The Labute approximate surface area is 131 Å². The summed E-state index contributed by atoms with van der Waals surface area (Å²) in [6, 6.07) is 2.51. The van der Waals surface area contributed by atoms with E-state index < -0.39 is 11.7 Å². The van der Waals surface area contributed by atoms with Gasteiger partial charge in [-0.05, 0) is 18.4 Å². The van der Waals surface area contributed by atoms with Crippen molar-refractivity contribution >= 4 is 5.91 Å². The number of hydrogen-bond acceptors (Lipinski definition) is 4. The van der Waals surface area contributed by atoms with E-state index >= 15 is 0 Å². The van der Waals surface area contributed by atoms with Gasteiger partial charge in [-0.2, -0.15) is 0 Å². The SMILES string of the molecule is COc1cc(F)c(C(=O)N(C)CCC(N)C(C)C)cc1OC. The third-order valence-corrected chi connectivity index (χ3v) is 3.70. The zero-order valence-corrected chi connectivity index (χ0v) is 13.9. The molecule has 6 heteroatoms. The van der Waals surface area contributed by atoms with Crippen molar-refractivity contribution in [1.82, 2.24) is 4.90 Å². The average Bonchev–Trinajstić information content (AvgIpc) is 2.50. The Bertz CT molecular complexity index is 520. The van der Waals surface area contributed by atoms with Gasteiger partial charge in [-0.3, -0.25) is 4.79 Å². The predicted octanol–water partition coefficient (Wildman–Crippen LogP) is 2.29. The molecule has 0 aromatic heterocycles. The summed E-state index contributed by atoms with van der Waals surface area (Å²) in [4.78, 5) is 13.8. The molecule has 0 aliphatic carbocycles. The zero-order chi connectivity index (χ0) is 16.9. The first kappa shape index (κ1) is 18.2. The molecule has 1 rings (SSSR count). The van der Waals surface area contributed by atoms with E-state index in [1.54, 1.807) is 7.05 Å². The number of methoxy groups -OCH3 is 2. The Morgan fingerprint density at radius 1 is 1.27 bits per heavy atom. The van der Waals surface area contributed by atoms with Crippen LogP contribution in [0.4, 0.5) is 4.39 Å². The summed E-state index contributed by atoms with van der Waals surface area (Å²) in [6.45, 7) is 4.52. The Morgan fingerprint density at radius 3 is 2.32 bits per heavy atom. The standard InChI is InChI=1S/C16H25FN2O3/c1-10(2)13(18)6-7-19(3)16(20)11-8-14(21-4)15(22-5)9-12(11)17/h8-10,13H,6-7,18H2,1-5H3. The largest absolute Gasteiger partial charge is 0.493 e. The van der Waals surface area contributed by atoms with E-state index in [0.29, 0.717) is 24.6 Å². The van der Waals surface area contributed by atoms with Crippen LogP contribution in [0.1, 0.15) is 30.6 Å². The zero-order valence-electron chi connectivity index (χ0n) is 13.9. The highest BCUT2D eigenvalue weighted by Gasteiger charge is 2.20. The molecule has 0 saturated heterocycles. The normalized spacial score (nSPS) is 12.2. The number of hydrogen-bond donors (Lipinski definition) is 1. The van der Waals surface area contributed by atoms with Crippen molar-refractivity contribution in [2.24, 2.45) is 11.7 Å². The van der Waals surface area contributed by atoms with Crippen molar-refractivity contribution in [3.63, 3.8) is 0 Å². The molecular weight excluding hydrogens is 287 g/mol. The maximum atomic E-state index is 14.1. The molecule has 0 aliphatic heterocycles. The van der Waals surface area contributed by atoms with E-state index in [-0.39, 0.29) is 17.4 Å². The molecule has 0 radical (unpaired) electrons. The van der Waals surface area contributed by atoms with Crippen LogP contribution in [0.25, 0.3) is 0 Å². The summed E-state index contributed by atoms with van der Waals surface area (Å²) in [7, 11) is 4.49. The molecule has 1 unspecified atom stereocenters. The lowest BCUT2D eigenvalue weighted by Crippen LogP contribution is -2.35. The fourth-order valence-electron chi connectivity index (χ4n) is 2.00. The van der Waals surface area contributed by atoms with Gasteiger partial charge in [0.15, 0.2) is 11.5 Å². The van der Waals surface area contributed by atoms with Crippen molar-refractivity contribution in [3.8, 4) is 11.5 Å². The molecule has 1 amide bonds. The first-order valence-electron chi connectivity index (χ1n) is 7.24. The van der Waals surface area contributed by atoms with Gasteiger partial charge in [-0.1, -0.05) is 13.8 Å². The number of carbonyl (C=O) groups is 1. The molecule has 124 valence electrons. The number of halogens is 1. The molecule has 0 heterocycles. The summed E-state index contributed by atoms with van der Waals surface area (Å²) in [5.41, 5.74) is 5.93. The fraction of sp³-hybridized carbons (Fsp3) is 0.562. The van der Waals surface area contributed by atoms with E-state index in [1.807, 2.05) is 13.8 Å². The summed E-state index contributed by atoms with van der Waals surface area (Å²) >= 11 is 0. The van der Waals surface area contributed by atoms with Crippen LogP contribution in [0.15, 0.2) is 12.1 Å². The first-order valence-corrected chi connectivity index (χ1v) is 7.24. The van der Waals surface area contributed by atoms with Crippen molar-refractivity contribution in [1.29, 1.82) is 0 Å². The topological polar surface area (TPSA) is 64.8 Å². The van der Waals surface area contributed by atoms with Crippen LogP contribution in [0.5, 0.6) is 11.5 Å². The molecular formula is C16H25FN2O3. The van der Waals surface area contributed by atoms with Gasteiger partial charge in [0.1, 0.15) is 5.82 Å². The minimum Gasteiger partial charge on any atom is -0.493 e. The minimum atomic E-state index is -0.636. The number of nitrogens with two attached hydrogens (primary N) is 1. The van der Waals surface area contributed by atoms with Crippen molar-refractivity contribution in [2.45, 2.75) is 26.3 Å². The smallest absolute Gasteiger partial charge is 0.256 e. The number of rotatable bonds is 7. The van der Waals surface area contributed by atoms with E-state index in [9.17, 15) is 9.18 Å². The van der Waals surface area contributed by atoms with E-state index in [1.165, 1.54) is 25.2 Å². The van der Waals surface area contributed by atoms with Gasteiger partial charge in [-0.15, -0.1) is 0 Å². The van der Waals surface area contributed by atoms with Gasteiger partial charge in [0, 0.05) is 25.7 Å². The van der Waals surface area contributed by atoms with Crippen LogP contribution in [0.2, 0.25) is 0 Å². The summed E-state index contributed by atoms with van der Waals surface area (Å²) in [5.74, 6) is -0.140. The lowest BCUT2D eigenvalue weighted by atomic mass is 10.0. The van der Waals surface area contributed by atoms with Gasteiger partial charge in [0.05, 0.1) is 19.8 Å². The number of ether oxygens (including phenoxy) is 2. The van der Waals surface area contributed by atoms with Gasteiger partial charge < -0.3 is 20.1 Å². The van der Waals surface area contributed by atoms with Gasteiger partial charge >= 0.3 is 0 Å². The second-order valence-corrected chi connectivity index (χ2v) is 5.61. The Kier molecular flexibility index (Phi) is 6.61. The second-order valence-electron chi connectivity index (χ2n) is 5.61. The molecule has 1 aromatic carbocycles. The molecule has 0 spiro atoms. The van der Waals surface area contributed by atoms with Crippen LogP contribution >= 0.6 is 0 Å². The van der Waals surface area contributed by atoms with E-state index in [2.05, 4.69) is 0 Å². The highest BCUT2D eigenvalue weighted by atomic mass is 19.1. The maximum absolute atomic E-state index is 14.1. The van der Waals surface area contributed by atoms with Crippen molar-refractivity contribution < 1.29 is 18.7 Å². The highest BCUT2D eigenvalue weighted by Crippen LogP contribution is 2.30. The lowest BCUT2D eigenvalue weighted by Gasteiger charge is -2.22. The number of carbonyl (C=O) groups excluding carboxylic acids is 1. The van der Waals surface area contributed by atoms with Crippen LogP contribution in [0, 0.1) is 11.7 Å². The van der Waals surface area contributed by atoms with Crippen LogP contribution in [0.3, 0.4) is 0 Å². The lowest BCUT2D eigenvalue weighted by molar-refractivity contribution is 0.0784. The molecule has 0 saturated carbocycles. The third kappa shape index (κ3) is 4.34. The summed E-state index contributed by atoms with van der Waals surface area (Å²) in [6.07, 6.45) is 0.662. The molecule has 0 fully saturated rings. The monoisotopic (exact) mass is 312 g/mol. The molecule has 5 nitrogen and oxygen atoms in total. The third-order valence-electron chi connectivity index (χ3n) is 3.70. The van der Waals surface area contributed by atoms with E-state index in [4.69, 9.17) is 15.2 Å². The molecule has 1 aromatic rings. The van der Waals surface area contributed by atoms with Gasteiger partial charge in [-0.25, -0.2) is 4.39 Å². The van der Waals surface area contributed by atoms with Crippen LogP contribution < -0.4 is 15.2 Å².